The van der Waals surface area contributed by atoms with Gasteiger partial charge in [-0.3, -0.25) is 0 Å². The Balaban J connectivity index is 1.59. The lowest BCUT2D eigenvalue weighted by Crippen LogP contribution is -2.26. The molecular formula is C16H26N2O. The number of anilines is 1. The zero-order chi connectivity index (χ0) is 13.6. The number of hydrogen-bond acceptors (Lipinski definition) is 3. The molecule has 0 spiro atoms. The van der Waals surface area contributed by atoms with Crippen molar-refractivity contribution in [3.05, 3.63) is 29.8 Å². The van der Waals surface area contributed by atoms with Crippen LogP contribution in [-0.2, 0) is 11.2 Å². The Morgan fingerprint density at radius 1 is 1.32 bits per heavy atom. The van der Waals surface area contributed by atoms with E-state index in [1.165, 1.54) is 24.8 Å². The summed E-state index contributed by atoms with van der Waals surface area (Å²) < 4.78 is 5.17. The van der Waals surface area contributed by atoms with E-state index >= 15 is 0 Å². The maximum atomic E-state index is 5.94. The van der Waals surface area contributed by atoms with E-state index in [1.807, 2.05) is 12.1 Å². The highest BCUT2D eigenvalue weighted by Crippen LogP contribution is 2.48. The van der Waals surface area contributed by atoms with E-state index in [9.17, 15) is 0 Å². The fraction of sp³-hybridized carbons (Fsp3) is 0.625. The molecule has 0 aromatic heterocycles. The second kappa shape index (κ2) is 6.92. The Labute approximate surface area is 116 Å². The molecule has 1 fully saturated rings. The first kappa shape index (κ1) is 14.4. The van der Waals surface area contributed by atoms with Crippen molar-refractivity contribution < 1.29 is 4.74 Å². The largest absolute Gasteiger partial charge is 0.399 e. The number of benzene rings is 1. The van der Waals surface area contributed by atoms with Crippen LogP contribution < -0.4 is 11.1 Å². The Morgan fingerprint density at radius 2 is 2.11 bits per heavy atom. The first-order valence-electron chi connectivity index (χ1n) is 7.29. The summed E-state index contributed by atoms with van der Waals surface area (Å²) in [6.07, 6.45) is 6.12. The van der Waals surface area contributed by atoms with Crippen LogP contribution in [0, 0.1) is 5.41 Å². The summed E-state index contributed by atoms with van der Waals surface area (Å²) in [6.45, 7) is 3.10. The summed E-state index contributed by atoms with van der Waals surface area (Å²) in [5, 5.41) is 3.59. The van der Waals surface area contributed by atoms with Gasteiger partial charge in [0.05, 0.1) is 0 Å². The Kier molecular flexibility index (Phi) is 5.23. The second-order valence-electron chi connectivity index (χ2n) is 5.72. The van der Waals surface area contributed by atoms with E-state index in [1.54, 1.807) is 7.11 Å². The van der Waals surface area contributed by atoms with Crippen molar-refractivity contribution in [3.8, 4) is 0 Å². The van der Waals surface area contributed by atoms with Crippen LogP contribution in [-0.4, -0.2) is 26.8 Å². The smallest absolute Gasteiger partial charge is 0.0468 e. The molecule has 2 rings (SSSR count). The molecule has 19 heavy (non-hydrogen) atoms. The third-order valence-corrected chi connectivity index (χ3v) is 4.15. The number of rotatable bonds is 9. The molecule has 0 unspecified atom stereocenters. The molecular weight excluding hydrogens is 236 g/mol. The van der Waals surface area contributed by atoms with Gasteiger partial charge in [0.15, 0.2) is 0 Å². The number of nitrogens with one attached hydrogen (secondary N) is 1. The van der Waals surface area contributed by atoms with Crippen LogP contribution in [0.1, 0.15) is 31.2 Å². The number of aryl methyl sites for hydroxylation is 1. The van der Waals surface area contributed by atoms with Crippen LogP contribution in [0.3, 0.4) is 0 Å². The number of nitrogens with two attached hydrogens (primary N) is 1. The van der Waals surface area contributed by atoms with E-state index < -0.39 is 0 Å². The van der Waals surface area contributed by atoms with Crippen LogP contribution in [0.5, 0.6) is 0 Å². The summed E-state index contributed by atoms with van der Waals surface area (Å²) >= 11 is 0. The third kappa shape index (κ3) is 4.51. The molecule has 1 aromatic carbocycles. The normalized spacial score (nSPS) is 16.5. The molecule has 1 aliphatic carbocycles. The predicted molar refractivity (Wildman–Crippen MR) is 80.2 cm³/mol. The average molecular weight is 262 g/mol. The van der Waals surface area contributed by atoms with Crippen molar-refractivity contribution >= 4 is 5.69 Å². The highest BCUT2D eigenvalue weighted by molar-refractivity contribution is 5.46. The van der Waals surface area contributed by atoms with E-state index in [-0.39, 0.29) is 0 Å². The lowest BCUT2D eigenvalue weighted by Gasteiger charge is -2.15. The van der Waals surface area contributed by atoms with E-state index in [0.717, 1.165) is 38.2 Å². The predicted octanol–water partition coefficient (Wildman–Crippen LogP) is 2.61. The van der Waals surface area contributed by atoms with E-state index in [0.29, 0.717) is 5.41 Å². The van der Waals surface area contributed by atoms with Crippen LogP contribution in [0.2, 0.25) is 0 Å². The Morgan fingerprint density at radius 3 is 2.79 bits per heavy atom. The van der Waals surface area contributed by atoms with E-state index in [4.69, 9.17) is 10.5 Å². The van der Waals surface area contributed by atoms with Gasteiger partial charge >= 0.3 is 0 Å². The van der Waals surface area contributed by atoms with Gasteiger partial charge in [0.1, 0.15) is 0 Å². The quantitative estimate of drug-likeness (QED) is 0.531. The van der Waals surface area contributed by atoms with Gasteiger partial charge < -0.3 is 15.8 Å². The highest BCUT2D eigenvalue weighted by atomic mass is 16.5. The summed E-state index contributed by atoms with van der Waals surface area (Å²) in [5.74, 6) is 0. The van der Waals surface area contributed by atoms with Crippen molar-refractivity contribution in [2.45, 2.75) is 32.1 Å². The van der Waals surface area contributed by atoms with Crippen molar-refractivity contribution in [3.63, 3.8) is 0 Å². The van der Waals surface area contributed by atoms with Crippen molar-refractivity contribution in [1.29, 1.82) is 0 Å². The lowest BCUT2D eigenvalue weighted by atomic mass is 10.0. The average Bonchev–Trinajstić information content (AvgIpc) is 3.19. The monoisotopic (exact) mass is 262 g/mol. The number of hydrogen-bond donors (Lipinski definition) is 2. The molecule has 3 heteroatoms. The van der Waals surface area contributed by atoms with Crippen molar-refractivity contribution in [2.24, 2.45) is 5.41 Å². The molecule has 1 aromatic rings. The summed E-state index contributed by atoms with van der Waals surface area (Å²) in [4.78, 5) is 0. The molecule has 3 N–H and O–H groups in total. The molecule has 3 nitrogen and oxygen atoms in total. The summed E-state index contributed by atoms with van der Waals surface area (Å²) in [6, 6.07) is 8.15. The third-order valence-electron chi connectivity index (χ3n) is 4.15. The van der Waals surface area contributed by atoms with Crippen LogP contribution in [0.4, 0.5) is 5.69 Å². The minimum Gasteiger partial charge on any atom is -0.399 e. The summed E-state index contributed by atoms with van der Waals surface area (Å²) in [7, 11) is 1.79. The van der Waals surface area contributed by atoms with Crippen molar-refractivity contribution in [2.75, 3.05) is 32.5 Å². The fourth-order valence-corrected chi connectivity index (χ4v) is 2.53. The van der Waals surface area contributed by atoms with Gasteiger partial charge in [-0.15, -0.1) is 0 Å². The van der Waals surface area contributed by atoms with Gasteiger partial charge in [0.2, 0.25) is 0 Å². The molecule has 1 aliphatic rings. The standard InChI is InChI=1S/C16H26N2O/c1-19-12-10-16(8-9-16)13-18-11-4-6-14-5-2-3-7-15(14)17/h2-3,5,7,18H,4,6,8-13,17H2,1H3. The molecule has 0 atom stereocenters. The highest BCUT2D eigenvalue weighted by Gasteiger charge is 2.41. The molecule has 1 saturated carbocycles. The fourth-order valence-electron chi connectivity index (χ4n) is 2.53. The lowest BCUT2D eigenvalue weighted by molar-refractivity contribution is 0.171. The van der Waals surface area contributed by atoms with Gasteiger partial charge in [-0.1, -0.05) is 18.2 Å². The van der Waals surface area contributed by atoms with Crippen LogP contribution in [0.25, 0.3) is 0 Å². The number of para-hydroxylation sites is 1. The molecule has 0 aliphatic heterocycles. The number of methoxy groups -OCH3 is 1. The van der Waals surface area contributed by atoms with Gasteiger partial charge in [-0.05, 0) is 55.7 Å². The topological polar surface area (TPSA) is 47.3 Å². The molecule has 0 heterocycles. The molecule has 0 amide bonds. The minimum absolute atomic E-state index is 0.543. The number of ether oxygens (including phenoxy) is 1. The van der Waals surface area contributed by atoms with Gasteiger partial charge in [-0.2, -0.15) is 0 Å². The Hall–Kier alpha value is -1.06. The van der Waals surface area contributed by atoms with Crippen molar-refractivity contribution in [1.82, 2.24) is 5.32 Å². The van der Waals surface area contributed by atoms with Gasteiger partial charge in [0.25, 0.3) is 0 Å². The maximum Gasteiger partial charge on any atom is 0.0468 e. The maximum absolute atomic E-state index is 5.94. The SMILES string of the molecule is COCCC1(CNCCCc2ccccc2N)CC1. The van der Waals surface area contributed by atoms with Crippen LogP contribution in [0.15, 0.2) is 24.3 Å². The van der Waals surface area contributed by atoms with Crippen LogP contribution >= 0.6 is 0 Å². The zero-order valence-corrected chi connectivity index (χ0v) is 12.0. The van der Waals surface area contributed by atoms with Gasteiger partial charge in [-0.25, -0.2) is 0 Å². The molecule has 0 bridgehead atoms. The molecule has 0 radical (unpaired) electrons. The first-order chi connectivity index (χ1) is 9.26. The molecule has 106 valence electrons. The van der Waals surface area contributed by atoms with E-state index in [2.05, 4.69) is 17.4 Å². The second-order valence-corrected chi connectivity index (χ2v) is 5.72. The zero-order valence-electron chi connectivity index (χ0n) is 12.0. The number of nitrogen functional groups attached to an aromatic ring is 1. The molecule has 0 saturated heterocycles. The van der Waals surface area contributed by atoms with Gasteiger partial charge in [0, 0.05) is 25.9 Å². The summed E-state index contributed by atoms with van der Waals surface area (Å²) in [5.41, 5.74) is 8.66. The Bertz CT molecular complexity index is 388. The first-order valence-corrected chi connectivity index (χ1v) is 7.29. The minimum atomic E-state index is 0.543.